The lowest BCUT2D eigenvalue weighted by Crippen LogP contribution is -2.19. The van der Waals surface area contributed by atoms with Gasteiger partial charge in [-0.05, 0) is 31.0 Å². The highest BCUT2D eigenvalue weighted by Gasteiger charge is 2.08. The molecule has 1 heterocycles. The van der Waals surface area contributed by atoms with Crippen molar-refractivity contribution in [3.05, 3.63) is 24.0 Å². The maximum Gasteiger partial charge on any atom is 0.0332 e. The van der Waals surface area contributed by atoms with E-state index < -0.39 is 0 Å². The van der Waals surface area contributed by atoms with Gasteiger partial charge in [0.15, 0.2) is 0 Å². The third-order valence-corrected chi connectivity index (χ3v) is 3.80. The van der Waals surface area contributed by atoms with Gasteiger partial charge in [0.2, 0.25) is 0 Å². The van der Waals surface area contributed by atoms with Crippen molar-refractivity contribution in [1.29, 1.82) is 0 Å². The molecular formula is C17H32N2. The lowest BCUT2D eigenvalue weighted by molar-refractivity contribution is 0.531. The van der Waals surface area contributed by atoms with Gasteiger partial charge >= 0.3 is 0 Å². The van der Waals surface area contributed by atoms with Crippen LogP contribution in [0.15, 0.2) is 18.5 Å². The van der Waals surface area contributed by atoms with Crippen LogP contribution in [-0.2, 0) is 6.54 Å². The van der Waals surface area contributed by atoms with Crippen molar-refractivity contribution in [3.63, 3.8) is 0 Å². The quantitative estimate of drug-likeness (QED) is 0.562. The monoisotopic (exact) mass is 264 g/mol. The minimum atomic E-state index is 0.524. The van der Waals surface area contributed by atoms with Gasteiger partial charge in [-0.2, -0.15) is 0 Å². The first kappa shape index (κ1) is 16.3. The van der Waals surface area contributed by atoms with E-state index in [1.54, 1.807) is 0 Å². The van der Waals surface area contributed by atoms with Crippen molar-refractivity contribution < 1.29 is 0 Å². The zero-order valence-corrected chi connectivity index (χ0v) is 13.1. The largest absolute Gasteiger partial charge is 0.354 e. The van der Waals surface area contributed by atoms with Crippen LogP contribution in [-0.4, -0.2) is 11.1 Å². The standard InChI is InChI=1S/C17H32N2/c1-4-7-8-9-10-11-13-19-14-12-16(15-19)17(5-2)18-6-3/h12,14-15,17-18H,4-11,13H2,1-3H3. The van der Waals surface area contributed by atoms with Crippen molar-refractivity contribution in [3.8, 4) is 0 Å². The Kier molecular flexibility index (Phi) is 8.64. The van der Waals surface area contributed by atoms with Gasteiger partial charge in [0.25, 0.3) is 0 Å². The van der Waals surface area contributed by atoms with Crippen LogP contribution in [0.1, 0.15) is 77.3 Å². The zero-order chi connectivity index (χ0) is 13.9. The molecule has 0 spiro atoms. The Labute approximate surface area is 119 Å². The van der Waals surface area contributed by atoms with E-state index in [1.807, 2.05) is 0 Å². The summed E-state index contributed by atoms with van der Waals surface area (Å²) >= 11 is 0. The lowest BCUT2D eigenvalue weighted by atomic mass is 10.1. The SMILES string of the molecule is CCCCCCCCn1ccc(C(CC)NCC)c1. The third-order valence-electron chi connectivity index (χ3n) is 3.80. The Bertz CT molecular complexity index is 317. The summed E-state index contributed by atoms with van der Waals surface area (Å²) in [6.45, 7) is 8.92. The maximum absolute atomic E-state index is 3.54. The summed E-state index contributed by atoms with van der Waals surface area (Å²) in [5.41, 5.74) is 1.44. The van der Waals surface area contributed by atoms with Crippen LogP contribution in [0.4, 0.5) is 0 Å². The predicted octanol–water partition coefficient (Wildman–Crippen LogP) is 4.91. The van der Waals surface area contributed by atoms with Crippen molar-refractivity contribution in [2.75, 3.05) is 6.54 Å². The summed E-state index contributed by atoms with van der Waals surface area (Å²) in [4.78, 5) is 0. The summed E-state index contributed by atoms with van der Waals surface area (Å²) in [7, 11) is 0. The summed E-state index contributed by atoms with van der Waals surface area (Å²) in [6.07, 6.45) is 14.0. The zero-order valence-electron chi connectivity index (χ0n) is 13.1. The molecule has 0 bridgehead atoms. The molecule has 0 fully saturated rings. The van der Waals surface area contributed by atoms with Crippen LogP contribution >= 0.6 is 0 Å². The molecule has 0 saturated carbocycles. The minimum absolute atomic E-state index is 0.524. The molecule has 1 N–H and O–H groups in total. The van der Waals surface area contributed by atoms with Crippen LogP contribution in [0.2, 0.25) is 0 Å². The molecule has 0 aliphatic carbocycles. The second-order valence-electron chi connectivity index (χ2n) is 5.47. The van der Waals surface area contributed by atoms with Crippen LogP contribution in [0.25, 0.3) is 0 Å². The smallest absolute Gasteiger partial charge is 0.0332 e. The number of nitrogens with one attached hydrogen (secondary N) is 1. The number of hydrogen-bond acceptors (Lipinski definition) is 1. The van der Waals surface area contributed by atoms with E-state index in [0.29, 0.717) is 6.04 Å². The van der Waals surface area contributed by atoms with E-state index in [-0.39, 0.29) is 0 Å². The Balaban J connectivity index is 2.26. The molecule has 0 aromatic carbocycles. The van der Waals surface area contributed by atoms with Crippen molar-refractivity contribution >= 4 is 0 Å². The van der Waals surface area contributed by atoms with Gasteiger partial charge in [-0.25, -0.2) is 0 Å². The Morgan fingerprint density at radius 3 is 2.47 bits per heavy atom. The molecule has 0 amide bonds. The molecule has 1 aromatic rings. The van der Waals surface area contributed by atoms with E-state index in [1.165, 1.54) is 50.6 Å². The molecule has 1 aromatic heterocycles. The molecule has 0 aliphatic rings. The van der Waals surface area contributed by atoms with E-state index in [4.69, 9.17) is 0 Å². The first-order chi connectivity index (χ1) is 9.31. The predicted molar refractivity (Wildman–Crippen MR) is 84.5 cm³/mol. The number of aromatic nitrogens is 1. The average molecular weight is 264 g/mol. The van der Waals surface area contributed by atoms with Gasteiger partial charge in [0.1, 0.15) is 0 Å². The molecular weight excluding hydrogens is 232 g/mol. The topological polar surface area (TPSA) is 17.0 Å². The Morgan fingerprint density at radius 2 is 1.79 bits per heavy atom. The fourth-order valence-corrected chi connectivity index (χ4v) is 2.62. The molecule has 2 nitrogen and oxygen atoms in total. The number of hydrogen-bond donors (Lipinski definition) is 1. The highest BCUT2D eigenvalue weighted by Crippen LogP contribution is 2.17. The van der Waals surface area contributed by atoms with Crippen LogP contribution < -0.4 is 5.32 Å². The van der Waals surface area contributed by atoms with Gasteiger partial charge in [0.05, 0.1) is 0 Å². The average Bonchev–Trinajstić information content (AvgIpc) is 2.88. The number of unbranched alkanes of at least 4 members (excludes halogenated alkanes) is 5. The fraction of sp³-hybridized carbons (Fsp3) is 0.765. The highest BCUT2D eigenvalue weighted by atomic mass is 15.0. The molecule has 1 unspecified atom stereocenters. The highest BCUT2D eigenvalue weighted by molar-refractivity contribution is 5.15. The maximum atomic E-state index is 3.54. The number of aryl methyl sites for hydroxylation is 1. The number of nitrogens with zero attached hydrogens (tertiary/aromatic N) is 1. The minimum Gasteiger partial charge on any atom is -0.354 e. The van der Waals surface area contributed by atoms with Crippen molar-refractivity contribution in [1.82, 2.24) is 9.88 Å². The van der Waals surface area contributed by atoms with E-state index in [0.717, 1.165) is 13.0 Å². The van der Waals surface area contributed by atoms with Crippen molar-refractivity contribution in [2.45, 2.75) is 78.3 Å². The van der Waals surface area contributed by atoms with E-state index in [9.17, 15) is 0 Å². The third kappa shape index (κ3) is 6.29. The summed E-state index contributed by atoms with van der Waals surface area (Å²) < 4.78 is 2.36. The van der Waals surface area contributed by atoms with E-state index >= 15 is 0 Å². The summed E-state index contributed by atoms with van der Waals surface area (Å²) in [6, 6.07) is 2.80. The molecule has 2 heteroatoms. The second-order valence-corrected chi connectivity index (χ2v) is 5.47. The fourth-order valence-electron chi connectivity index (χ4n) is 2.62. The first-order valence-electron chi connectivity index (χ1n) is 8.20. The van der Waals surface area contributed by atoms with Gasteiger partial charge in [-0.1, -0.05) is 52.9 Å². The molecule has 19 heavy (non-hydrogen) atoms. The summed E-state index contributed by atoms with van der Waals surface area (Å²) in [5, 5.41) is 3.54. The normalized spacial score (nSPS) is 12.8. The Hall–Kier alpha value is -0.760. The molecule has 1 atom stereocenters. The van der Waals surface area contributed by atoms with Gasteiger partial charge in [0, 0.05) is 25.0 Å². The summed E-state index contributed by atoms with van der Waals surface area (Å²) in [5.74, 6) is 0. The van der Waals surface area contributed by atoms with Crippen LogP contribution in [0.5, 0.6) is 0 Å². The first-order valence-corrected chi connectivity index (χ1v) is 8.20. The molecule has 0 radical (unpaired) electrons. The number of rotatable bonds is 11. The Morgan fingerprint density at radius 1 is 1.05 bits per heavy atom. The second kappa shape index (κ2) is 10.1. The van der Waals surface area contributed by atoms with Gasteiger partial charge in [-0.15, -0.1) is 0 Å². The molecule has 0 saturated heterocycles. The lowest BCUT2D eigenvalue weighted by Gasteiger charge is -2.13. The van der Waals surface area contributed by atoms with Crippen LogP contribution in [0, 0.1) is 0 Å². The van der Waals surface area contributed by atoms with Gasteiger partial charge in [-0.3, -0.25) is 0 Å². The molecule has 110 valence electrons. The van der Waals surface area contributed by atoms with Gasteiger partial charge < -0.3 is 9.88 Å². The van der Waals surface area contributed by atoms with Crippen molar-refractivity contribution in [2.24, 2.45) is 0 Å². The molecule has 1 rings (SSSR count). The van der Waals surface area contributed by atoms with E-state index in [2.05, 4.69) is 49.1 Å². The molecule has 0 aliphatic heterocycles. The van der Waals surface area contributed by atoms with Crippen LogP contribution in [0.3, 0.4) is 0 Å².